The van der Waals surface area contributed by atoms with Gasteiger partial charge in [0, 0.05) is 51.1 Å². The second-order valence-electron chi connectivity index (χ2n) is 13.4. The number of hydrogen-bond acceptors (Lipinski definition) is 5. The number of nitrogens with one attached hydrogen (secondary N) is 2. The van der Waals surface area contributed by atoms with E-state index in [0.717, 1.165) is 12.8 Å². The van der Waals surface area contributed by atoms with Crippen LogP contribution >= 0.6 is 0 Å². The minimum absolute atomic E-state index is 0.0128. The lowest BCUT2D eigenvalue weighted by atomic mass is 9.85. The van der Waals surface area contributed by atoms with Crippen molar-refractivity contribution in [3.05, 3.63) is 12.2 Å². The molecule has 0 radical (unpaired) electrons. The van der Waals surface area contributed by atoms with Gasteiger partial charge in [0.1, 0.15) is 6.10 Å². The predicted molar refractivity (Wildman–Crippen MR) is 173 cm³/mol. The lowest BCUT2D eigenvalue weighted by Gasteiger charge is -2.44. The van der Waals surface area contributed by atoms with Crippen molar-refractivity contribution < 1.29 is 23.9 Å². The van der Waals surface area contributed by atoms with Crippen LogP contribution < -0.4 is 10.6 Å². The van der Waals surface area contributed by atoms with Gasteiger partial charge in [0.2, 0.25) is 11.8 Å². The van der Waals surface area contributed by atoms with Crippen molar-refractivity contribution in [1.82, 2.24) is 20.4 Å². The largest absolute Gasteiger partial charge is 0.353 e. The summed E-state index contributed by atoms with van der Waals surface area (Å²) in [6, 6.07) is -0.0446. The molecule has 4 amide bonds. The van der Waals surface area contributed by atoms with E-state index >= 15 is 0 Å². The van der Waals surface area contributed by atoms with Crippen molar-refractivity contribution in [2.75, 3.05) is 45.9 Å². The molecule has 9 heteroatoms. The van der Waals surface area contributed by atoms with Crippen molar-refractivity contribution in [1.29, 1.82) is 0 Å². The Labute approximate surface area is 261 Å². The molecule has 43 heavy (non-hydrogen) atoms. The molecule has 0 saturated carbocycles. The van der Waals surface area contributed by atoms with E-state index < -0.39 is 17.3 Å². The number of nitrogens with zero attached hydrogens (tertiary/aromatic N) is 2. The highest BCUT2D eigenvalue weighted by molar-refractivity contribution is 5.83. The van der Waals surface area contributed by atoms with E-state index in [1.165, 1.54) is 70.6 Å². The first kappa shape index (κ1) is 37.1. The van der Waals surface area contributed by atoms with Gasteiger partial charge in [0.15, 0.2) is 5.79 Å². The molecule has 1 unspecified atom stereocenters. The summed E-state index contributed by atoms with van der Waals surface area (Å²) in [6.45, 7) is 13.2. The summed E-state index contributed by atoms with van der Waals surface area (Å²) in [7, 11) is 0. The number of allylic oxidation sites excluding steroid dienone is 2. The molecule has 0 spiro atoms. The van der Waals surface area contributed by atoms with Crippen LogP contribution in [0.5, 0.6) is 0 Å². The van der Waals surface area contributed by atoms with Gasteiger partial charge >= 0.3 is 6.03 Å². The molecular formula is C34H62N4O5. The van der Waals surface area contributed by atoms with Crippen molar-refractivity contribution in [3.63, 3.8) is 0 Å². The zero-order chi connectivity index (χ0) is 31.6. The van der Waals surface area contributed by atoms with Gasteiger partial charge in [-0.3, -0.25) is 9.59 Å². The van der Waals surface area contributed by atoms with Crippen LogP contribution in [0.3, 0.4) is 0 Å². The van der Waals surface area contributed by atoms with Crippen LogP contribution in [0, 0.1) is 5.41 Å². The number of carbonyl (C=O) groups is 3. The molecule has 248 valence electrons. The molecule has 2 aliphatic heterocycles. The maximum absolute atomic E-state index is 12.8. The van der Waals surface area contributed by atoms with E-state index in [0.29, 0.717) is 39.3 Å². The highest BCUT2D eigenvalue weighted by Gasteiger charge is 2.45. The minimum Gasteiger partial charge on any atom is -0.353 e. The average molecular weight is 607 g/mol. The van der Waals surface area contributed by atoms with E-state index in [4.69, 9.17) is 9.47 Å². The van der Waals surface area contributed by atoms with Crippen molar-refractivity contribution in [2.45, 2.75) is 136 Å². The Morgan fingerprint density at radius 1 is 0.744 bits per heavy atom. The van der Waals surface area contributed by atoms with Crippen molar-refractivity contribution in [3.8, 4) is 0 Å². The number of carbonyl (C=O) groups excluding carboxylic acids is 3. The first-order valence-electron chi connectivity index (χ1n) is 17.1. The molecule has 0 aromatic carbocycles. The zero-order valence-electron chi connectivity index (χ0n) is 28.0. The summed E-state index contributed by atoms with van der Waals surface area (Å²) in [4.78, 5) is 41.6. The quantitative estimate of drug-likeness (QED) is 0.135. The Kier molecular flexibility index (Phi) is 17.2. The summed E-state index contributed by atoms with van der Waals surface area (Å²) in [5.41, 5.74) is -0.454. The fourth-order valence-electron chi connectivity index (χ4n) is 5.53. The molecule has 9 nitrogen and oxygen atoms in total. The van der Waals surface area contributed by atoms with Gasteiger partial charge in [0.25, 0.3) is 0 Å². The molecular weight excluding hydrogens is 544 g/mol. The Balaban J connectivity index is 1.46. The average Bonchev–Trinajstić information content (AvgIpc) is 2.98. The lowest BCUT2D eigenvalue weighted by molar-refractivity contribution is -0.304. The molecule has 2 saturated heterocycles. The second-order valence-corrected chi connectivity index (χ2v) is 13.4. The zero-order valence-corrected chi connectivity index (χ0v) is 28.0. The molecule has 2 aliphatic rings. The normalized spacial score (nSPS) is 19.9. The SMILES string of the molecule is CCCCCCCCC=CCCCCCCCNC(=O)N1CCN(C(=O)CCNC(=O)C2OC(C)(C)OCC2(C)C)CC1. The van der Waals surface area contributed by atoms with E-state index in [1.807, 2.05) is 13.8 Å². The predicted octanol–water partition coefficient (Wildman–Crippen LogP) is 6.17. The van der Waals surface area contributed by atoms with Gasteiger partial charge in [-0.15, -0.1) is 0 Å². The standard InChI is InChI=1S/C34H62N4O5/c1-6-7-8-9-10-11-12-13-14-15-16-17-18-19-20-22-36-32(41)38-26-24-37(25-27-38)29(39)21-23-35-31(40)30-33(2,3)28-42-34(4,5)43-30/h13-14,30H,6-12,15-28H2,1-5H3,(H,35,40)(H,36,41). The fourth-order valence-corrected chi connectivity index (χ4v) is 5.53. The first-order valence-corrected chi connectivity index (χ1v) is 17.1. The Hall–Kier alpha value is -2.13. The molecule has 2 fully saturated rings. The van der Waals surface area contributed by atoms with E-state index in [9.17, 15) is 14.4 Å². The van der Waals surface area contributed by atoms with Gasteiger partial charge in [-0.1, -0.05) is 84.3 Å². The Bertz CT molecular complexity index is 852. The number of urea groups is 1. The third-order valence-electron chi connectivity index (χ3n) is 8.41. The molecule has 0 aromatic rings. The van der Waals surface area contributed by atoms with Crippen LogP contribution in [0.4, 0.5) is 4.79 Å². The van der Waals surface area contributed by atoms with Crippen LogP contribution in [-0.4, -0.2) is 85.4 Å². The summed E-state index contributed by atoms with van der Waals surface area (Å²) in [6.07, 6.45) is 20.7. The van der Waals surface area contributed by atoms with Crippen molar-refractivity contribution >= 4 is 17.8 Å². The monoisotopic (exact) mass is 606 g/mol. The van der Waals surface area contributed by atoms with Gasteiger partial charge in [-0.2, -0.15) is 0 Å². The molecule has 2 N–H and O–H groups in total. The number of piperazine rings is 1. The number of hydrogen-bond donors (Lipinski definition) is 2. The summed E-state index contributed by atoms with van der Waals surface area (Å²) in [5.74, 6) is -1.05. The highest BCUT2D eigenvalue weighted by atomic mass is 16.7. The maximum atomic E-state index is 12.8. The summed E-state index contributed by atoms with van der Waals surface area (Å²) < 4.78 is 11.5. The lowest BCUT2D eigenvalue weighted by Crippen LogP contribution is -2.57. The van der Waals surface area contributed by atoms with Gasteiger partial charge in [0.05, 0.1) is 6.61 Å². The topological polar surface area (TPSA) is 100 Å². The molecule has 1 atom stereocenters. The van der Waals surface area contributed by atoms with E-state index in [-0.39, 0.29) is 30.8 Å². The fraction of sp³-hybridized carbons (Fsp3) is 0.853. The highest BCUT2D eigenvalue weighted by Crippen LogP contribution is 2.34. The van der Waals surface area contributed by atoms with Gasteiger partial charge < -0.3 is 29.9 Å². The number of ether oxygens (including phenoxy) is 2. The van der Waals surface area contributed by atoms with Gasteiger partial charge in [-0.25, -0.2) is 4.79 Å². The van der Waals surface area contributed by atoms with Crippen LogP contribution in [0.1, 0.15) is 125 Å². The number of amides is 4. The molecule has 0 aromatic heterocycles. The number of unbranched alkanes of at least 4 members (excludes halogenated alkanes) is 11. The summed E-state index contributed by atoms with van der Waals surface area (Å²) in [5, 5.41) is 5.90. The van der Waals surface area contributed by atoms with Crippen LogP contribution in [-0.2, 0) is 19.1 Å². The molecule has 0 aliphatic carbocycles. The third-order valence-corrected chi connectivity index (χ3v) is 8.41. The molecule has 2 heterocycles. The first-order chi connectivity index (χ1) is 20.6. The molecule has 0 bridgehead atoms. The van der Waals surface area contributed by atoms with Crippen LogP contribution in [0.15, 0.2) is 12.2 Å². The van der Waals surface area contributed by atoms with Crippen LogP contribution in [0.25, 0.3) is 0 Å². The summed E-state index contributed by atoms with van der Waals surface area (Å²) >= 11 is 0. The Morgan fingerprint density at radius 2 is 1.30 bits per heavy atom. The number of rotatable bonds is 19. The van der Waals surface area contributed by atoms with E-state index in [2.05, 4.69) is 29.7 Å². The maximum Gasteiger partial charge on any atom is 0.317 e. The van der Waals surface area contributed by atoms with Crippen molar-refractivity contribution in [2.24, 2.45) is 5.41 Å². The van der Waals surface area contributed by atoms with E-state index in [1.54, 1.807) is 23.6 Å². The van der Waals surface area contributed by atoms with Gasteiger partial charge in [-0.05, 0) is 46.0 Å². The Morgan fingerprint density at radius 3 is 1.93 bits per heavy atom. The minimum atomic E-state index is -0.816. The third kappa shape index (κ3) is 14.9. The van der Waals surface area contributed by atoms with Crippen LogP contribution in [0.2, 0.25) is 0 Å². The second kappa shape index (κ2) is 20.0. The molecule has 2 rings (SSSR count). The smallest absolute Gasteiger partial charge is 0.317 e.